The lowest BCUT2D eigenvalue weighted by Gasteiger charge is -2.15. The summed E-state index contributed by atoms with van der Waals surface area (Å²) in [7, 11) is 1.49. The number of carbonyl (C=O) groups excluding carboxylic acids is 3. The monoisotopic (exact) mass is 282 g/mol. The molecule has 0 fully saturated rings. The molecule has 5 heteroatoms. The Bertz CT molecular complexity index is 668. The highest BCUT2D eigenvalue weighted by Gasteiger charge is 2.21. The highest BCUT2D eigenvalue weighted by molar-refractivity contribution is 6.14. The van der Waals surface area contributed by atoms with E-state index in [0.717, 1.165) is 0 Å². The molecule has 0 saturated carbocycles. The Kier molecular flexibility index (Phi) is 4.56. The Morgan fingerprint density at radius 3 is 2.52 bits per heavy atom. The van der Waals surface area contributed by atoms with Crippen LogP contribution in [0, 0.1) is 0 Å². The Hall–Kier alpha value is -2.82. The van der Waals surface area contributed by atoms with Gasteiger partial charge in [-0.3, -0.25) is 14.6 Å². The van der Waals surface area contributed by atoms with Crippen molar-refractivity contribution in [2.24, 2.45) is 0 Å². The van der Waals surface area contributed by atoms with E-state index in [0.29, 0.717) is 11.8 Å². The first-order valence-electron chi connectivity index (χ1n) is 6.39. The number of amides is 1. The van der Waals surface area contributed by atoms with Crippen LogP contribution in [-0.2, 0) is 4.79 Å². The van der Waals surface area contributed by atoms with E-state index in [1.165, 1.54) is 18.1 Å². The topological polar surface area (TPSA) is 67.3 Å². The third-order valence-electron chi connectivity index (χ3n) is 2.99. The van der Waals surface area contributed by atoms with Gasteiger partial charge in [-0.15, -0.1) is 0 Å². The molecule has 0 bridgehead atoms. The maximum Gasteiger partial charge on any atom is 0.273 e. The average Bonchev–Trinajstić information content (AvgIpc) is 2.54. The second-order valence-electron chi connectivity index (χ2n) is 4.45. The van der Waals surface area contributed by atoms with Crippen molar-refractivity contribution in [3.05, 3.63) is 65.5 Å². The maximum atomic E-state index is 12.5. The first-order chi connectivity index (χ1) is 10.1. The van der Waals surface area contributed by atoms with Gasteiger partial charge < -0.3 is 9.69 Å². The number of rotatable bonds is 5. The number of aldehydes is 1. The molecule has 0 aliphatic heterocycles. The van der Waals surface area contributed by atoms with Crippen molar-refractivity contribution < 1.29 is 14.4 Å². The number of ketones is 1. The molecule has 0 saturated heterocycles. The van der Waals surface area contributed by atoms with Crippen LogP contribution in [0.5, 0.6) is 0 Å². The second-order valence-corrected chi connectivity index (χ2v) is 4.45. The lowest BCUT2D eigenvalue weighted by Crippen LogP contribution is -2.30. The molecular weight excluding hydrogens is 268 g/mol. The lowest BCUT2D eigenvalue weighted by molar-refractivity contribution is -0.108. The van der Waals surface area contributed by atoms with Crippen molar-refractivity contribution >= 4 is 18.0 Å². The number of hydrogen-bond acceptors (Lipinski definition) is 4. The zero-order valence-electron chi connectivity index (χ0n) is 11.5. The normalized spacial score (nSPS) is 9.95. The van der Waals surface area contributed by atoms with E-state index >= 15 is 0 Å². The summed E-state index contributed by atoms with van der Waals surface area (Å²) in [6, 6.07) is 11.8. The summed E-state index contributed by atoms with van der Waals surface area (Å²) in [5, 5.41) is 0. The summed E-state index contributed by atoms with van der Waals surface area (Å²) < 4.78 is 0. The second kappa shape index (κ2) is 6.56. The first-order valence-corrected chi connectivity index (χ1v) is 6.39. The molecule has 0 spiro atoms. The van der Waals surface area contributed by atoms with Crippen LogP contribution in [0.4, 0.5) is 0 Å². The molecule has 2 rings (SSSR count). The fourth-order valence-electron chi connectivity index (χ4n) is 1.88. The van der Waals surface area contributed by atoms with Gasteiger partial charge in [0.1, 0.15) is 12.0 Å². The molecule has 0 aliphatic carbocycles. The highest BCUT2D eigenvalue weighted by atomic mass is 16.2. The summed E-state index contributed by atoms with van der Waals surface area (Å²) in [5.74, 6) is -0.728. The summed E-state index contributed by atoms with van der Waals surface area (Å²) in [6.07, 6.45) is 2.07. The molecule has 1 aromatic heterocycles. The predicted octanol–water partition coefficient (Wildman–Crippen LogP) is 1.58. The number of pyridine rings is 1. The lowest BCUT2D eigenvalue weighted by atomic mass is 10.0. The van der Waals surface area contributed by atoms with Gasteiger partial charge in [-0.1, -0.05) is 30.3 Å². The van der Waals surface area contributed by atoms with Gasteiger partial charge in [0.2, 0.25) is 0 Å². The number of hydrogen-bond donors (Lipinski definition) is 0. The van der Waals surface area contributed by atoms with Crippen LogP contribution in [-0.4, -0.2) is 41.5 Å². The van der Waals surface area contributed by atoms with Crippen LogP contribution in [0.2, 0.25) is 0 Å². The minimum absolute atomic E-state index is 0.0472. The van der Waals surface area contributed by atoms with Gasteiger partial charge in [-0.25, -0.2) is 0 Å². The summed E-state index contributed by atoms with van der Waals surface area (Å²) in [4.78, 5) is 40.4. The first kappa shape index (κ1) is 14.6. The summed E-state index contributed by atoms with van der Waals surface area (Å²) in [6.45, 7) is -0.0472. The molecule has 1 aromatic carbocycles. The van der Waals surface area contributed by atoms with Gasteiger partial charge in [0.25, 0.3) is 5.91 Å². The average molecular weight is 282 g/mol. The van der Waals surface area contributed by atoms with Crippen LogP contribution in [0.1, 0.15) is 26.4 Å². The fraction of sp³-hybridized carbons (Fsp3) is 0.125. The minimum Gasteiger partial charge on any atom is -0.333 e. The molecule has 0 N–H and O–H groups in total. The highest BCUT2D eigenvalue weighted by Crippen LogP contribution is 2.14. The van der Waals surface area contributed by atoms with Gasteiger partial charge in [0, 0.05) is 18.8 Å². The molecule has 0 atom stereocenters. The van der Waals surface area contributed by atoms with E-state index in [4.69, 9.17) is 0 Å². The summed E-state index contributed by atoms with van der Waals surface area (Å²) in [5.41, 5.74) is 0.764. The van der Waals surface area contributed by atoms with Crippen molar-refractivity contribution in [2.75, 3.05) is 13.6 Å². The van der Waals surface area contributed by atoms with Crippen LogP contribution in [0.15, 0.2) is 48.7 Å². The van der Waals surface area contributed by atoms with Gasteiger partial charge >= 0.3 is 0 Å². The van der Waals surface area contributed by atoms with Crippen LogP contribution < -0.4 is 0 Å². The molecule has 106 valence electrons. The van der Waals surface area contributed by atoms with Gasteiger partial charge in [-0.05, 0) is 12.1 Å². The van der Waals surface area contributed by atoms with Gasteiger partial charge in [-0.2, -0.15) is 0 Å². The van der Waals surface area contributed by atoms with E-state index in [1.807, 2.05) is 6.07 Å². The van der Waals surface area contributed by atoms with E-state index < -0.39 is 5.91 Å². The number of benzene rings is 1. The number of nitrogens with zero attached hydrogens (tertiary/aromatic N) is 2. The molecule has 21 heavy (non-hydrogen) atoms. The molecule has 0 aliphatic rings. The molecule has 2 aromatic rings. The predicted molar refractivity (Wildman–Crippen MR) is 77.1 cm³/mol. The van der Waals surface area contributed by atoms with Crippen molar-refractivity contribution in [3.63, 3.8) is 0 Å². The Morgan fingerprint density at radius 2 is 1.86 bits per heavy atom. The van der Waals surface area contributed by atoms with Crippen molar-refractivity contribution in [1.82, 2.24) is 9.88 Å². The number of carbonyl (C=O) groups is 3. The van der Waals surface area contributed by atoms with Gasteiger partial charge in [0.15, 0.2) is 5.78 Å². The van der Waals surface area contributed by atoms with Crippen molar-refractivity contribution in [3.8, 4) is 0 Å². The zero-order valence-corrected chi connectivity index (χ0v) is 11.5. The smallest absolute Gasteiger partial charge is 0.273 e. The molecule has 0 radical (unpaired) electrons. The number of likely N-dealkylation sites (N-methyl/N-ethyl adjacent to an activating group) is 1. The van der Waals surface area contributed by atoms with Gasteiger partial charge in [0.05, 0.1) is 12.1 Å². The standard InChI is InChI=1S/C16H14N2O3/c1-18(10-11-19)16(21)14-13(8-5-9-17-14)15(20)12-6-3-2-4-7-12/h2-9,11H,10H2,1H3. The van der Waals surface area contributed by atoms with Crippen LogP contribution >= 0.6 is 0 Å². The summed E-state index contributed by atoms with van der Waals surface area (Å²) >= 11 is 0. The zero-order chi connectivity index (χ0) is 15.2. The third kappa shape index (κ3) is 3.20. The van der Waals surface area contributed by atoms with E-state index in [9.17, 15) is 14.4 Å². The molecular formula is C16H14N2O3. The molecule has 1 amide bonds. The quantitative estimate of drug-likeness (QED) is 0.617. The molecule has 1 heterocycles. The van der Waals surface area contributed by atoms with Crippen LogP contribution in [0.3, 0.4) is 0 Å². The van der Waals surface area contributed by atoms with Crippen LogP contribution in [0.25, 0.3) is 0 Å². The molecule has 5 nitrogen and oxygen atoms in total. The Balaban J connectivity index is 2.40. The number of aromatic nitrogens is 1. The van der Waals surface area contributed by atoms with E-state index in [1.54, 1.807) is 36.4 Å². The Morgan fingerprint density at radius 1 is 1.14 bits per heavy atom. The fourth-order valence-corrected chi connectivity index (χ4v) is 1.88. The van der Waals surface area contributed by atoms with E-state index in [-0.39, 0.29) is 23.6 Å². The SMILES string of the molecule is CN(CC=O)C(=O)c1ncccc1C(=O)c1ccccc1. The minimum atomic E-state index is -0.456. The molecule has 0 unspecified atom stereocenters. The largest absolute Gasteiger partial charge is 0.333 e. The Labute approximate surface area is 122 Å². The van der Waals surface area contributed by atoms with Crippen molar-refractivity contribution in [2.45, 2.75) is 0 Å². The third-order valence-corrected chi connectivity index (χ3v) is 2.99. The van der Waals surface area contributed by atoms with Crippen molar-refractivity contribution in [1.29, 1.82) is 0 Å². The maximum absolute atomic E-state index is 12.5. The van der Waals surface area contributed by atoms with E-state index in [2.05, 4.69) is 4.98 Å².